The Kier molecular flexibility index (Phi) is 7.73. The van der Waals surface area contributed by atoms with E-state index in [9.17, 15) is 9.90 Å². The van der Waals surface area contributed by atoms with Crippen LogP contribution in [0.5, 0.6) is 0 Å². The van der Waals surface area contributed by atoms with E-state index in [0.29, 0.717) is 25.8 Å². The lowest BCUT2D eigenvalue weighted by Crippen LogP contribution is -2.38. The number of carboxylic acid groups (broad SMARTS) is 1. The average Bonchev–Trinajstić information content (AvgIpc) is 3.27. The van der Waals surface area contributed by atoms with Gasteiger partial charge in [0.15, 0.2) is 0 Å². The fourth-order valence-corrected chi connectivity index (χ4v) is 4.67. The van der Waals surface area contributed by atoms with E-state index >= 15 is 0 Å². The number of hydrogen-bond donors (Lipinski definition) is 3. The average molecular weight is 492 g/mol. The summed E-state index contributed by atoms with van der Waals surface area (Å²) in [6.07, 6.45) is 11.4. The number of thiocarbonyl (C=S) groups is 1. The predicted octanol–water partition coefficient (Wildman–Crippen LogP) is 5.12. The van der Waals surface area contributed by atoms with Crippen LogP contribution in [0.2, 0.25) is 5.02 Å². The summed E-state index contributed by atoms with van der Waals surface area (Å²) in [5, 5.41) is 13.5. The van der Waals surface area contributed by atoms with Gasteiger partial charge in [0.25, 0.3) is 0 Å². The monoisotopic (exact) mass is 491 g/mol. The van der Waals surface area contributed by atoms with Crippen LogP contribution in [0.3, 0.4) is 0 Å². The summed E-state index contributed by atoms with van der Waals surface area (Å²) in [6.45, 7) is 0.370. The number of hydrogen-bond acceptors (Lipinski definition) is 4. The Morgan fingerprint density at radius 2 is 1.88 bits per heavy atom. The van der Waals surface area contributed by atoms with Crippen LogP contribution in [0.15, 0.2) is 85.1 Å². The molecule has 0 spiro atoms. The summed E-state index contributed by atoms with van der Waals surface area (Å²) in [7, 11) is 0. The van der Waals surface area contributed by atoms with Gasteiger partial charge in [-0.15, -0.1) is 0 Å². The van der Waals surface area contributed by atoms with Crippen molar-refractivity contribution in [2.45, 2.75) is 31.8 Å². The molecule has 0 saturated heterocycles. The van der Waals surface area contributed by atoms with Gasteiger partial charge >= 0.3 is 5.97 Å². The maximum absolute atomic E-state index is 11.7. The van der Waals surface area contributed by atoms with Crippen molar-refractivity contribution in [2.75, 3.05) is 0 Å². The number of carbonyl (C=O) groups is 1. The van der Waals surface area contributed by atoms with E-state index < -0.39 is 17.4 Å². The molecule has 5 nitrogen and oxygen atoms in total. The van der Waals surface area contributed by atoms with E-state index in [1.807, 2.05) is 72.8 Å². The summed E-state index contributed by atoms with van der Waals surface area (Å²) in [5.74, 6) is -0.0900. The van der Waals surface area contributed by atoms with Gasteiger partial charge in [0.05, 0.1) is 0 Å². The number of nitrogens with zero attached hydrogens (tertiary/aromatic N) is 1. The van der Waals surface area contributed by atoms with Crippen molar-refractivity contribution >= 4 is 34.7 Å². The van der Waals surface area contributed by atoms with Crippen molar-refractivity contribution in [2.24, 2.45) is 5.41 Å². The molecule has 0 bridgehead atoms. The molecule has 1 unspecified atom stereocenters. The Morgan fingerprint density at radius 1 is 1.12 bits per heavy atom. The van der Waals surface area contributed by atoms with Gasteiger partial charge in [-0.1, -0.05) is 90.6 Å². The molecule has 3 N–H and O–H groups in total. The minimum absolute atomic E-state index is 0.370. The highest BCUT2D eigenvalue weighted by atomic mass is 35.5. The van der Waals surface area contributed by atoms with Crippen LogP contribution in [0.25, 0.3) is 0 Å². The van der Waals surface area contributed by atoms with E-state index in [1.54, 1.807) is 6.20 Å². The Labute approximate surface area is 209 Å². The first-order chi connectivity index (χ1) is 16.4. The first kappa shape index (κ1) is 24.1. The third-order valence-corrected chi connectivity index (χ3v) is 6.92. The first-order valence-electron chi connectivity index (χ1n) is 11.1. The largest absolute Gasteiger partial charge is 0.480 e. The molecule has 0 fully saturated rings. The summed E-state index contributed by atoms with van der Waals surface area (Å²) in [5.41, 5.74) is 2.41. The first-order valence-corrected chi connectivity index (χ1v) is 11.9. The number of allylic oxidation sites excluding steroid dienone is 4. The second-order valence-electron chi connectivity index (χ2n) is 8.50. The fourth-order valence-electron chi connectivity index (χ4n) is 4.18. The molecule has 2 atom stereocenters. The number of H-pyrrole nitrogens is 1. The van der Waals surface area contributed by atoms with Crippen LogP contribution in [0, 0.1) is 5.41 Å². The second kappa shape index (κ2) is 10.9. The number of benzene rings is 2. The maximum Gasteiger partial charge on any atom is 0.321 e. The number of carboxylic acids is 1. The van der Waals surface area contributed by atoms with Crippen molar-refractivity contribution in [1.82, 2.24) is 15.3 Å². The van der Waals surface area contributed by atoms with Gasteiger partial charge in [-0.05, 0) is 36.1 Å². The number of rotatable bonds is 10. The zero-order valence-electron chi connectivity index (χ0n) is 18.6. The minimum atomic E-state index is -0.883. The third-order valence-electron chi connectivity index (χ3n) is 6.01. The van der Waals surface area contributed by atoms with Crippen LogP contribution >= 0.6 is 23.8 Å². The number of imidazole rings is 1. The molecule has 0 radical (unpaired) electrons. The maximum atomic E-state index is 11.7. The van der Waals surface area contributed by atoms with Gasteiger partial charge in [0, 0.05) is 40.2 Å². The highest BCUT2D eigenvalue weighted by Gasteiger charge is 2.34. The van der Waals surface area contributed by atoms with Crippen LogP contribution < -0.4 is 5.32 Å². The Hall–Kier alpha value is -3.06. The van der Waals surface area contributed by atoms with Gasteiger partial charge in [-0.25, -0.2) is 4.98 Å². The summed E-state index contributed by atoms with van der Waals surface area (Å²) < 4.78 is 0. The molecule has 2 aromatic carbocycles. The van der Waals surface area contributed by atoms with Gasteiger partial charge in [-0.3, -0.25) is 10.1 Å². The van der Waals surface area contributed by atoms with Gasteiger partial charge < -0.3 is 10.1 Å². The van der Waals surface area contributed by atoms with Gasteiger partial charge in [-0.2, -0.15) is 0 Å². The van der Waals surface area contributed by atoms with E-state index in [4.69, 9.17) is 23.8 Å². The highest BCUT2D eigenvalue weighted by Crippen LogP contribution is 2.35. The molecule has 4 rings (SSSR count). The predicted molar refractivity (Wildman–Crippen MR) is 139 cm³/mol. The van der Waals surface area contributed by atoms with Crippen LogP contribution in [-0.2, 0) is 30.6 Å². The molecule has 7 heteroatoms. The fraction of sp³-hybridized carbons (Fsp3) is 0.222. The molecule has 1 heterocycles. The molecular weight excluding hydrogens is 466 g/mol. The molecule has 0 amide bonds. The molecule has 0 aliphatic heterocycles. The van der Waals surface area contributed by atoms with Crippen molar-refractivity contribution in [3.63, 3.8) is 0 Å². The number of halogens is 1. The zero-order valence-corrected chi connectivity index (χ0v) is 20.1. The van der Waals surface area contributed by atoms with E-state index in [1.165, 1.54) is 0 Å². The number of aromatic amines is 1. The SMILES string of the molecule is O=C(O)[C@H](Cc1ccccc1)NCc1cnc(CC2(Cc3ccccc3Cl)C=CC=CC2=S)[nH]1. The Balaban J connectivity index is 1.46. The summed E-state index contributed by atoms with van der Waals surface area (Å²) in [6, 6.07) is 16.7. The molecule has 174 valence electrons. The van der Waals surface area contributed by atoms with E-state index in [2.05, 4.69) is 21.4 Å². The number of nitrogens with one attached hydrogen (secondary N) is 2. The lowest BCUT2D eigenvalue weighted by molar-refractivity contribution is -0.139. The molecule has 3 aromatic rings. The lowest BCUT2D eigenvalue weighted by Gasteiger charge is -2.32. The minimum Gasteiger partial charge on any atom is -0.480 e. The highest BCUT2D eigenvalue weighted by molar-refractivity contribution is 7.80. The Bertz CT molecular complexity index is 1220. The summed E-state index contributed by atoms with van der Waals surface area (Å²) >= 11 is 12.2. The van der Waals surface area contributed by atoms with Crippen molar-refractivity contribution in [3.05, 3.63) is 113 Å². The topological polar surface area (TPSA) is 78.0 Å². The molecule has 34 heavy (non-hydrogen) atoms. The Morgan fingerprint density at radius 3 is 2.62 bits per heavy atom. The normalized spacial score (nSPS) is 18.2. The van der Waals surface area contributed by atoms with Crippen LogP contribution in [0.1, 0.15) is 22.6 Å². The van der Waals surface area contributed by atoms with Gasteiger partial charge in [0.2, 0.25) is 0 Å². The molecule has 1 aliphatic carbocycles. The van der Waals surface area contributed by atoms with Crippen molar-refractivity contribution < 1.29 is 9.90 Å². The van der Waals surface area contributed by atoms with E-state index in [-0.39, 0.29) is 0 Å². The second-order valence-corrected chi connectivity index (χ2v) is 9.35. The standard InChI is InChI=1S/C27H26ClN3O2S/c28-22-11-5-4-10-20(22)15-27(13-7-6-12-24(27)34)16-25-30-18-21(31-25)17-29-23(26(32)33)14-19-8-2-1-3-9-19/h1-13,18,23,29H,14-17H2,(H,30,31)(H,32,33)/t23-,27?/m0/s1. The van der Waals surface area contributed by atoms with Crippen LogP contribution in [0.4, 0.5) is 0 Å². The van der Waals surface area contributed by atoms with Crippen molar-refractivity contribution in [3.8, 4) is 0 Å². The third kappa shape index (κ3) is 5.89. The zero-order chi connectivity index (χ0) is 24.0. The van der Waals surface area contributed by atoms with E-state index in [0.717, 1.165) is 32.5 Å². The quantitative estimate of drug-likeness (QED) is 0.343. The van der Waals surface area contributed by atoms with Crippen molar-refractivity contribution in [1.29, 1.82) is 0 Å². The number of aliphatic carboxylic acids is 1. The smallest absolute Gasteiger partial charge is 0.321 e. The molecule has 0 saturated carbocycles. The van der Waals surface area contributed by atoms with Gasteiger partial charge in [0.1, 0.15) is 11.9 Å². The van der Waals surface area contributed by atoms with Crippen LogP contribution in [-0.4, -0.2) is 32.0 Å². The molecule has 1 aliphatic rings. The molecule has 1 aromatic heterocycles. The summed E-state index contributed by atoms with van der Waals surface area (Å²) in [4.78, 5) is 20.5. The number of aromatic nitrogens is 2. The lowest BCUT2D eigenvalue weighted by atomic mass is 9.73. The molecular formula is C27H26ClN3O2S.